The van der Waals surface area contributed by atoms with Crippen LogP contribution in [-0.4, -0.2) is 5.78 Å². The zero-order chi connectivity index (χ0) is 16.1. The predicted octanol–water partition coefficient (Wildman–Crippen LogP) is 5.07. The van der Waals surface area contributed by atoms with Crippen LogP contribution in [0, 0.1) is 0 Å². The maximum Gasteiger partial charge on any atom is 0.347 e. The summed E-state index contributed by atoms with van der Waals surface area (Å²) in [6.45, 7) is 13.3. The molecule has 0 aliphatic carbocycles. The molecule has 0 N–H and O–H groups in total. The lowest BCUT2D eigenvalue weighted by atomic mass is 10.1. The van der Waals surface area contributed by atoms with Crippen LogP contribution in [0.15, 0.2) is 39.5 Å². The molecule has 1 heterocycles. The molecule has 0 radical (unpaired) electrons. The number of Topliss-reactive ketones (excluding diaryl/α,β-unsaturated/α-hetero) is 1. The maximum absolute atomic E-state index is 11.3. The summed E-state index contributed by atoms with van der Waals surface area (Å²) in [5.41, 5.74) is 0.0300. The van der Waals surface area contributed by atoms with Gasteiger partial charge in [0.25, 0.3) is 0 Å². The maximum atomic E-state index is 11.3. The van der Waals surface area contributed by atoms with Crippen molar-refractivity contribution in [3.8, 4) is 0 Å². The van der Waals surface area contributed by atoms with Crippen LogP contribution in [0.5, 0.6) is 0 Å². The van der Waals surface area contributed by atoms with Crippen LogP contribution in [0.25, 0.3) is 11.0 Å². The van der Waals surface area contributed by atoms with Crippen molar-refractivity contribution in [2.45, 2.75) is 48.5 Å². The minimum absolute atomic E-state index is 0.101. The van der Waals surface area contributed by atoms with E-state index in [1.807, 2.05) is 47.6 Å². The number of hydrogen-bond donors (Lipinski definition) is 0. The molecule has 2 rings (SSSR count). The van der Waals surface area contributed by atoms with Crippen molar-refractivity contribution >= 4 is 16.8 Å². The average molecular weight is 278 g/mol. The second-order valence-corrected chi connectivity index (χ2v) is 3.04. The summed E-state index contributed by atoms with van der Waals surface area (Å²) < 4.78 is 4.98. The molecule has 0 aliphatic rings. The molecule has 20 heavy (non-hydrogen) atoms. The van der Waals surface area contributed by atoms with Gasteiger partial charge in [-0.25, -0.2) is 4.79 Å². The van der Waals surface area contributed by atoms with Gasteiger partial charge in [0.15, 0.2) is 5.78 Å². The molecule has 0 amide bonds. The molecule has 1 aromatic carbocycles. The van der Waals surface area contributed by atoms with Crippen LogP contribution in [0.3, 0.4) is 0 Å². The Balaban J connectivity index is 0. The highest BCUT2D eigenvalue weighted by Gasteiger charge is 2.08. The van der Waals surface area contributed by atoms with Crippen LogP contribution in [-0.2, 0) is 0 Å². The van der Waals surface area contributed by atoms with Crippen LogP contribution in [0.2, 0.25) is 0 Å². The highest BCUT2D eigenvalue weighted by molar-refractivity contribution is 5.96. The van der Waals surface area contributed by atoms with Gasteiger partial charge in [-0.05, 0) is 19.1 Å². The lowest BCUT2D eigenvalue weighted by molar-refractivity contribution is 0.101. The van der Waals surface area contributed by atoms with Gasteiger partial charge in [0, 0.05) is 5.39 Å². The topological polar surface area (TPSA) is 47.3 Å². The summed E-state index contributed by atoms with van der Waals surface area (Å²) in [7, 11) is 0. The first kappa shape index (κ1) is 20.4. The van der Waals surface area contributed by atoms with E-state index in [4.69, 9.17) is 4.42 Å². The number of fused-ring (bicyclic) bond motifs is 1. The summed E-state index contributed by atoms with van der Waals surface area (Å²) in [5.74, 6) is -0.274. The van der Waals surface area contributed by atoms with E-state index in [-0.39, 0.29) is 11.3 Å². The average Bonchev–Trinajstić information content (AvgIpc) is 2.52. The molecule has 3 nitrogen and oxygen atoms in total. The van der Waals surface area contributed by atoms with E-state index >= 15 is 0 Å². The fourth-order valence-electron chi connectivity index (χ4n) is 1.31. The Morgan fingerprint density at radius 3 is 1.95 bits per heavy atom. The zero-order valence-corrected chi connectivity index (χ0v) is 13.6. The smallest absolute Gasteiger partial charge is 0.347 e. The molecular weight excluding hydrogens is 252 g/mol. The highest BCUT2D eigenvalue weighted by Crippen LogP contribution is 2.12. The van der Waals surface area contributed by atoms with E-state index in [0.29, 0.717) is 5.58 Å². The fraction of sp³-hybridized carbons (Fsp3) is 0.412. The van der Waals surface area contributed by atoms with Crippen LogP contribution >= 0.6 is 0 Å². The molecule has 2 aromatic rings. The second kappa shape index (κ2) is 12.2. The van der Waals surface area contributed by atoms with Gasteiger partial charge >= 0.3 is 5.63 Å². The molecule has 0 saturated heterocycles. The standard InChI is InChI=1S/C11H8O3.3C2H6/c1-7(12)9-6-8-4-2-3-5-10(8)14-11(9)13;3*1-2/h2-6H,1H3;3*1-2H3. The molecule has 0 saturated carbocycles. The SMILES string of the molecule is CC.CC.CC.CC(=O)c1cc2ccccc2oc1=O. The molecule has 0 bridgehead atoms. The number of carbonyl (C=O) groups is 1. The van der Waals surface area contributed by atoms with Gasteiger partial charge in [0.05, 0.1) is 0 Å². The third-order valence-corrected chi connectivity index (χ3v) is 2.02. The van der Waals surface area contributed by atoms with E-state index in [1.165, 1.54) is 6.92 Å². The van der Waals surface area contributed by atoms with Gasteiger partial charge in [-0.1, -0.05) is 59.7 Å². The third kappa shape index (κ3) is 5.83. The molecule has 0 fully saturated rings. The van der Waals surface area contributed by atoms with Gasteiger partial charge in [-0.2, -0.15) is 0 Å². The minimum atomic E-state index is -0.573. The lowest BCUT2D eigenvalue weighted by Crippen LogP contribution is -2.10. The minimum Gasteiger partial charge on any atom is -0.422 e. The fourth-order valence-corrected chi connectivity index (χ4v) is 1.31. The van der Waals surface area contributed by atoms with Crippen LogP contribution < -0.4 is 5.63 Å². The number of ketones is 1. The van der Waals surface area contributed by atoms with E-state index in [1.54, 1.807) is 24.3 Å². The van der Waals surface area contributed by atoms with E-state index in [2.05, 4.69) is 0 Å². The van der Waals surface area contributed by atoms with Gasteiger partial charge in [0.2, 0.25) is 0 Å². The third-order valence-electron chi connectivity index (χ3n) is 2.02. The number of hydrogen-bond acceptors (Lipinski definition) is 3. The van der Waals surface area contributed by atoms with Gasteiger partial charge in [-0.15, -0.1) is 0 Å². The van der Waals surface area contributed by atoms with Crippen molar-refractivity contribution in [3.63, 3.8) is 0 Å². The Kier molecular flexibility index (Phi) is 12.4. The molecule has 1 aromatic heterocycles. The van der Waals surface area contributed by atoms with Crippen LogP contribution in [0.4, 0.5) is 0 Å². The summed E-state index contributed by atoms with van der Waals surface area (Å²) >= 11 is 0. The van der Waals surface area contributed by atoms with E-state index in [0.717, 1.165) is 5.39 Å². The Labute approximate surface area is 121 Å². The Morgan fingerprint density at radius 2 is 1.45 bits per heavy atom. The summed E-state index contributed by atoms with van der Waals surface area (Å²) in [6.07, 6.45) is 0. The summed E-state index contributed by atoms with van der Waals surface area (Å²) in [5, 5.41) is 0.761. The first-order valence-electron chi connectivity index (χ1n) is 7.22. The Bertz CT molecular complexity index is 553. The number of rotatable bonds is 1. The quantitative estimate of drug-likeness (QED) is 0.540. The summed E-state index contributed by atoms with van der Waals surface area (Å²) in [4.78, 5) is 22.3. The van der Waals surface area contributed by atoms with Crippen molar-refractivity contribution in [1.29, 1.82) is 0 Å². The van der Waals surface area contributed by atoms with Crippen molar-refractivity contribution < 1.29 is 9.21 Å². The highest BCUT2D eigenvalue weighted by atomic mass is 16.4. The van der Waals surface area contributed by atoms with Crippen molar-refractivity contribution in [2.75, 3.05) is 0 Å². The van der Waals surface area contributed by atoms with Crippen molar-refractivity contribution in [1.82, 2.24) is 0 Å². The van der Waals surface area contributed by atoms with Crippen LogP contribution in [0.1, 0.15) is 58.8 Å². The predicted molar refractivity (Wildman–Crippen MR) is 86.5 cm³/mol. The Morgan fingerprint density at radius 1 is 0.950 bits per heavy atom. The van der Waals surface area contributed by atoms with Gasteiger partial charge in [-0.3, -0.25) is 4.79 Å². The summed E-state index contributed by atoms with van der Waals surface area (Å²) in [6, 6.07) is 8.65. The first-order valence-corrected chi connectivity index (χ1v) is 7.22. The monoisotopic (exact) mass is 278 g/mol. The zero-order valence-electron chi connectivity index (χ0n) is 13.6. The van der Waals surface area contributed by atoms with Gasteiger partial charge < -0.3 is 4.42 Å². The number of para-hydroxylation sites is 1. The van der Waals surface area contributed by atoms with Crippen molar-refractivity contribution in [3.05, 3.63) is 46.3 Å². The molecular formula is C17H26O3. The molecule has 0 spiro atoms. The molecule has 3 heteroatoms. The second-order valence-electron chi connectivity index (χ2n) is 3.04. The largest absolute Gasteiger partial charge is 0.422 e. The number of benzene rings is 1. The normalized spacial score (nSPS) is 8.15. The first-order chi connectivity index (χ1) is 9.68. The van der Waals surface area contributed by atoms with Crippen molar-refractivity contribution in [2.24, 2.45) is 0 Å². The molecule has 0 aliphatic heterocycles. The van der Waals surface area contributed by atoms with Gasteiger partial charge in [0.1, 0.15) is 11.1 Å². The van der Waals surface area contributed by atoms with E-state index in [9.17, 15) is 9.59 Å². The lowest BCUT2D eigenvalue weighted by Gasteiger charge is -1.97. The molecule has 0 unspecified atom stereocenters. The Hall–Kier alpha value is -1.90. The number of carbonyl (C=O) groups excluding carboxylic acids is 1. The molecule has 112 valence electrons. The molecule has 0 atom stereocenters. The van der Waals surface area contributed by atoms with E-state index < -0.39 is 5.63 Å².